The summed E-state index contributed by atoms with van der Waals surface area (Å²) in [6, 6.07) is 10.2. The molecular weight excluding hydrogens is 361 g/mol. The molecule has 9 heteroatoms. The molecule has 0 saturated carbocycles. The highest BCUT2D eigenvalue weighted by Crippen LogP contribution is 2.21. The fourth-order valence-corrected chi connectivity index (χ4v) is 2.41. The number of carbonyl (C=O) groups excluding carboxylic acids is 1. The summed E-state index contributed by atoms with van der Waals surface area (Å²) in [5.41, 5.74) is 0.496. The monoisotopic (exact) mass is 369 g/mol. The van der Waals surface area contributed by atoms with Crippen LogP contribution in [0, 0.1) is 10.1 Å². The Labute approximate surface area is 146 Å². The quantitative estimate of drug-likeness (QED) is 0.484. The Hall–Kier alpha value is -2.22. The molecule has 2 aromatic rings. The SMILES string of the molecule is O=C(NC(=S)Nc1cccc([N+](=O)[O-])c1)c1ccc(Cl)cc1Cl. The zero-order valence-corrected chi connectivity index (χ0v) is 13.7. The van der Waals surface area contributed by atoms with Crippen LogP contribution < -0.4 is 10.6 Å². The molecule has 23 heavy (non-hydrogen) atoms. The number of nitro groups is 1. The van der Waals surface area contributed by atoms with Crippen molar-refractivity contribution >= 4 is 57.8 Å². The minimum atomic E-state index is -0.527. The zero-order valence-electron chi connectivity index (χ0n) is 11.4. The van der Waals surface area contributed by atoms with E-state index in [4.69, 9.17) is 35.4 Å². The average Bonchev–Trinajstić information content (AvgIpc) is 2.47. The number of carbonyl (C=O) groups is 1. The smallest absolute Gasteiger partial charge is 0.271 e. The minimum Gasteiger partial charge on any atom is -0.332 e. The Morgan fingerprint density at radius 1 is 1.17 bits per heavy atom. The number of nitrogens with zero attached hydrogens (tertiary/aromatic N) is 1. The van der Waals surface area contributed by atoms with Crippen LogP contribution in [0.4, 0.5) is 11.4 Å². The van der Waals surface area contributed by atoms with E-state index in [0.717, 1.165) is 0 Å². The first-order chi connectivity index (χ1) is 10.9. The number of hydrogen-bond donors (Lipinski definition) is 2. The molecule has 0 aliphatic heterocycles. The number of halogens is 2. The molecular formula is C14H9Cl2N3O3S. The summed E-state index contributed by atoms with van der Waals surface area (Å²) in [6.07, 6.45) is 0. The molecule has 0 aliphatic rings. The molecule has 0 heterocycles. The molecule has 0 aromatic heterocycles. The van der Waals surface area contributed by atoms with Crippen molar-refractivity contribution in [2.75, 3.05) is 5.32 Å². The van der Waals surface area contributed by atoms with Crippen LogP contribution in [0.15, 0.2) is 42.5 Å². The number of non-ortho nitro benzene ring substituents is 1. The van der Waals surface area contributed by atoms with Crippen molar-refractivity contribution in [1.29, 1.82) is 0 Å². The van der Waals surface area contributed by atoms with Crippen LogP contribution in [0.1, 0.15) is 10.4 Å². The van der Waals surface area contributed by atoms with Gasteiger partial charge in [-0.3, -0.25) is 20.2 Å². The number of benzene rings is 2. The molecule has 0 saturated heterocycles. The maximum Gasteiger partial charge on any atom is 0.271 e. The van der Waals surface area contributed by atoms with Gasteiger partial charge < -0.3 is 5.32 Å². The van der Waals surface area contributed by atoms with Crippen LogP contribution >= 0.6 is 35.4 Å². The van der Waals surface area contributed by atoms with Gasteiger partial charge in [-0.2, -0.15) is 0 Å². The normalized spacial score (nSPS) is 10.0. The summed E-state index contributed by atoms with van der Waals surface area (Å²) in [5, 5.41) is 16.4. The Morgan fingerprint density at radius 3 is 2.57 bits per heavy atom. The highest BCUT2D eigenvalue weighted by atomic mass is 35.5. The first-order valence-electron chi connectivity index (χ1n) is 6.18. The third kappa shape index (κ3) is 4.62. The molecule has 0 spiro atoms. The van der Waals surface area contributed by atoms with E-state index in [1.807, 2.05) is 0 Å². The van der Waals surface area contributed by atoms with E-state index in [1.165, 1.54) is 36.4 Å². The van der Waals surface area contributed by atoms with Gasteiger partial charge in [0.15, 0.2) is 5.11 Å². The van der Waals surface area contributed by atoms with Crippen molar-refractivity contribution in [2.45, 2.75) is 0 Å². The lowest BCUT2D eigenvalue weighted by molar-refractivity contribution is -0.384. The van der Waals surface area contributed by atoms with Crippen molar-refractivity contribution in [3.05, 3.63) is 68.2 Å². The predicted octanol–water partition coefficient (Wildman–Crippen LogP) is 4.03. The second-order valence-electron chi connectivity index (χ2n) is 4.34. The number of nitrogens with one attached hydrogen (secondary N) is 2. The fourth-order valence-electron chi connectivity index (χ4n) is 1.70. The Morgan fingerprint density at radius 2 is 1.91 bits per heavy atom. The van der Waals surface area contributed by atoms with Crippen molar-refractivity contribution < 1.29 is 9.72 Å². The molecule has 2 N–H and O–H groups in total. The number of amides is 1. The van der Waals surface area contributed by atoms with Gasteiger partial charge in [0, 0.05) is 22.8 Å². The summed E-state index contributed by atoms with van der Waals surface area (Å²) in [5.74, 6) is -0.519. The van der Waals surface area contributed by atoms with Crippen LogP contribution in [0.25, 0.3) is 0 Å². The zero-order chi connectivity index (χ0) is 17.0. The van der Waals surface area contributed by atoms with Gasteiger partial charge in [-0.05, 0) is 36.5 Å². The Balaban J connectivity index is 2.06. The molecule has 2 rings (SSSR count). The van der Waals surface area contributed by atoms with E-state index in [0.29, 0.717) is 10.7 Å². The minimum absolute atomic E-state index is 0.0125. The van der Waals surface area contributed by atoms with Gasteiger partial charge >= 0.3 is 0 Å². The number of nitro benzene ring substituents is 1. The first kappa shape index (κ1) is 17.1. The number of thiocarbonyl (C=S) groups is 1. The van der Waals surface area contributed by atoms with Crippen LogP contribution in [-0.4, -0.2) is 15.9 Å². The van der Waals surface area contributed by atoms with E-state index in [-0.39, 0.29) is 21.4 Å². The average molecular weight is 370 g/mol. The summed E-state index contributed by atoms with van der Waals surface area (Å²) in [4.78, 5) is 22.3. The molecule has 0 radical (unpaired) electrons. The summed E-state index contributed by atoms with van der Waals surface area (Å²) in [6.45, 7) is 0. The molecule has 0 unspecified atom stereocenters. The fraction of sp³-hybridized carbons (Fsp3) is 0. The molecule has 6 nitrogen and oxygen atoms in total. The molecule has 0 fully saturated rings. The molecule has 1 amide bonds. The van der Waals surface area contributed by atoms with E-state index in [9.17, 15) is 14.9 Å². The largest absolute Gasteiger partial charge is 0.332 e. The van der Waals surface area contributed by atoms with Crippen molar-refractivity contribution in [2.24, 2.45) is 0 Å². The molecule has 2 aromatic carbocycles. The standard InChI is InChI=1S/C14H9Cl2N3O3S/c15-8-4-5-11(12(16)6-8)13(20)18-14(23)17-9-2-1-3-10(7-9)19(21)22/h1-7H,(H2,17,18,20,23). The van der Waals surface area contributed by atoms with E-state index in [1.54, 1.807) is 6.07 Å². The lowest BCUT2D eigenvalue weighted by Crippen LogP contribution is -2.34. The highest BCUT2D eigenvalue weighted by molar-refractivity contribution is 7.80. The van der Waals surface area contributed by atoms with E-state index in [2.05, 4.69) is 10.6 Å². The van der Waals surface area contributed by atoms with Gasteiger partial charge in [0.25, 0.3) is 11.6 Å². The molecule has 0 aliphatic carbocycles. The van der Waals surface area contributed by atoms with Gasteiger partial charge in [-0.1, -0.05) is 29.3 Å². The molecule has 0 bridgehead atoms. The van der Waals surface area contributed by atoms with Crippen molar-refractivity contribution in [3.8, 4) is 0 Å². The number of anilines is 1. The molecule has 118 valence electrons. The van der Waals surface area contributed by atoms with E-state index >= 15 is 0 Å². The van der Waals surface area contributed by atoms with Crippen LogP contribution in [0.2, 0.25) is 10.0 Å². The topological polar surface area (TPSA) is 84.3 Å². The lowest BCUT2D eigenvalue weighted by atomic mass is 10.2. The maximum absolute atomic E-state index is 12.1. The van der Waals surface area contributed by atoms with E-state index < -0.39 is 10.8 Å². The van der Waals surface area contributed by atoms with Crippen LogP contribution in [0.5, 0.6) is 0 Å². The Kier molecular flexibility index (Phi) is 5.49. The Bertz CT molecular complexity index is 799. The second-order valence-corrected chi connectivity index (χ2v) is 5.59. The third-order valence-corrected chi connectivity index (χ3v) is 3.47. The van der Waals surface area contributed by atoms with Crippen LogP contribution in [0.3, 0.4) is 0 Å². The highest BCUT2D eigenvalue weighted by Gasteiger charge is 2.13. The summed E-state index contributed by atoms with van der Waals surface area (Å²) >= 11 is 16.7. The third-order valence-electron chi connectivity index (χ3n) is 2.72. The van der Waals surface area contributed by atoms with Crippen molar-refractivity contribution in [3.63, 3.8) is 0 Å². The first-order valence-corrected chi connectivity index (χ1v) is 7.35. The number of hydrogen-bond acceptors (Lipinski definition) is 4. The van der Waals surface area contributed by atoms with Crippen LogP contribution in [-0.2, 0) is 0 Å². The second kappa shape index (κ2) is 7.36. The summed E-state index contributed by atoms with van der Waals surface area (Å²) in [7, 11) is 0. The summed E-state index contributed by atoms with van der Waals surface area (Å²) < 4.78 is 0. The van der Waals surface area contributed by atoms with Gasteiger partial charge in [-0.25, -0.2) is 0 Å². The van der Waals surface area contributed by atoms with Crippen molar-refractivity contribution in [1.82, 2.24) is 5.32 Å². The maximum atomic E-state index is 12.1. The van der Waals surface area contributed by atoms with Gasteiger partial charge in [0.05, 0.1) is 15.5 Å². The van der Waals surface area contributed by atoms with Gasteiger partial charge in [0.1, 0.15) is 0 Å². The van der Waals surface area contributed by atoms with Gasteiger partial charge in [0.2, 0.25) is 0 Å². The molecule has 0 atom stereocenters. The van der Waals surface area contributed by atoms with Gasteiger partial charge in [-0.15, -0.1) is 0 Å². The predicted molar refractivity (Wildman–Crippen MR) is 93.2 cm³/mol. The lowest BCUT2D eigenvalue weighted by Gasteiger charge is -2.10. The number of rotatable bonds is 3.